The van der Waals surface area contributed by atoms with E-state index in [-0.39, 0.29) is 29.0 Å². The standard InChI is InChI=1S/C36H41N3O5S/c1-26(2)23-37-36(41)29(5)38(24-30-12-10-9-11-28(30)4)35(40)25-39(45(42,43)34-21-15-27(3)16-22-34)31-17-19-33(20-18-31)44-32-13-7-6-8-14-32/h6-22,26,29H,23-25H2,1-5H3,(H,37,41)/t29-/m1/s1. The Labute approximate surface area is 266 Å². The van der Waals surface area contributed by atoms with E-state index in [0.29, 0.717) is 18.0 Å². The van der Waals surface area contributed by atoms with Crippen LogP contribution in [0.25, 0.3) is 0 Å². The number of benzene rings is 4. The van der Waals surface area contributed by atoms with Crippen molar-refractivity contribution in [1.29, 1.82) is 0 Å². The Morgan fingerprint density at radius 2 is 1.38 bits per heavy atom. The van der Waals surface area contributed by atoms with Crippen molar-refractivity contribution in [3.63, 3.8) is 0 Å². The average Bonchev–Trinajstić information content (AvgIpc) is 3.02. The number of amides is 2. The molecule has 4 rings (SSSR count). The second-order valence-corrected chi connectivity index (χ2v) is 13.4. The van der Waals surface area contributed by atoms with Crippen molar-refractivity contribution in [3.8, 4) is 11.5 Å². The summed E-state index contributed by atoms with van der Waals surface area (Å²) < 4.78 is 35.2. The summed E-state index contributed by atoms with van der Waals surface area (Å²) in [6, 6.07) is 29.1. The summed E-state index contributed by atoms with van der Waals surface area (Å²) in [5.41, 5.74) is 3.02. The Balaban J connectivity index is 1.70. The highest BCUT2D eigenvalue weighted by atomic mass is 32.2. The van der Waals surface area contributed by atoms with Gasteiger partial charge in [0.15, 0.2) is 0 Å². The molecule has 0 aliphatic carbocycles. The van der Waals surface area contributed by atoms with Crippen molar-refractivity contribution >= 4 is 27.5 Å². The average molecular weight is 628 g/mol. The maximum absolute atomic E-state index is 14.2. The van der Waals surface area contributed by atoms with Gasteiger partial charge in [-0.1, -0.05) is 74.0 Å². The maximum Gasteiger partial charge on any atom is 0.264 e. The molecule has 0 radical (unpaired) electrons. The van der Waals surface area contributed by atoms with Crippen molar-refractivity contribution in [2.24, 2.45) is 5.92 Å². The topological polar surface area (TPSA) is 96.0 Å². The second kappa shape index (κ2) is 14.9. The van der Waals surface area contributed by atoms with E-state index in [2.05, 4.69) is 5.32 Å². The number of carbonyl (C=O) groups is 2. The third-order valence-electron chi connectivity index (χ3n) is 7.45. The molecule has 0 fully saturated rings. The number of carbonyl (C=O) groups excluding carboxylic acids is 2. The maximum atomic E-state index is 14.2. The molecule has 0 aromatic heterocycles. The van der Waals surface area contributed by atoms with Crippen molar-refractivity contribution in [2.75, 3.05) is 17.4 Å². The molecule has 1 atom stereocenters. The molecule has 236 valence electrons. The number of aryl methyl sites for hydroxylation is 2. The zero-order valence-electron chi connectivity index (χ0n) is 26.4. The number of anilines is 1. The van der Waals surface area contributed by atoms with E-state index in [1.807, 2.05) is 82.3 Å². The van der Waals surface area contributed by atoms with Gasteiger partial charge in [-0.15, -0.1) is 0 Å². The van der Waals surface area contributed by atoms with Gasteiger partial charge in [-0.25, -0.2) is 8.42 Å². The molecule has 4 aromatic rings. The first-order valence-corrected chi connectivity index (χ1v) is 16.4. The fourth-order valence-electron chi connectivity index (χ4n) is 4.68. The Kier molecular flexibility index (Phi) is 11.0. The highest BCUT2D eigenvalue weighted by Crippen LogP contribution is 2.29. The number of sulfonamides is 1. The van der Waals surface area contributed by atoms with Crippen molar-refractivity contribution in [2.45, 2.75) is 52.1 Å². The van der Waals surface area contributed by atoms with Gasteiger partial charge < -0.3 is 15.0 Å². The predicted octanol–water partition coefficient (Wildman–Crippen LogP) is 6.48. The second-order valence-electron chi connectivity index (χ2n) is 11.5. The molecule has 0 bridgehead atoms. The van der Waals surface area contributed by atoms with Crippen LogP contribution in [0.3, 0.4) is 0 Å². The number of nitrogens with one attached hydrogen (secondary N) is 1. The van der Waals surface area contributed by atoms with Crippen LogP contribution in [0.2, 0.25) is 0 Å². The molecule has 9 heteroatoms. The summed E-state index contributed by atoms with van der Waals surface area (Å²) in [5.74, 6) is 0.569. The van der Waals surface area contributed by atoms with Crippen LogP contribution in [0.1, 0.15) is 37.5 Å². The molecule has 0 saturated carbocycles. The molecule has 0 heterocycles. The quantitative estimate of drug-likeness (QED) is 0.183. The number of para-hydroxylation sites is 1. The van der Waals surface area contributed by atoms with E-state index in [1.165, 1.54) is 17.0 Å². The van der Waals surface area contributed by atoms with Gasteiger partial charge >= 0.3 is 0 Å². The van der Waals surface area contributed by atoms with E-state index in [1.54, 1.807) is 43.3 Å². The number of ether oxygens (including phenoxy) is 1. The third kappa shape index (κ3) is 8.73. The lowest BCUT2D eigenvalue weighted by molar-refractivity contribution is -0.139. The van der Waals surface area contributed by atoms with Crippen LogP contribution < -0.4 is 14.4 Å². The van der Waals surface area contributed by atoms with E-state index in [0.717, 1.165) is 21.0 Å². The molecule has 8 nitrogen and oxygen atoms in total. The summed E-state index contributed by atoms with van der Waals surface area (Å²) in [6.07, 6.45) is 0. The predicted molar refractivity (Wildman–Crippen MR) is 178 cm³/mol. The van der Waals surface area contributed by atoms with Crippen LogP contribution in [-0.4, -0.2) is 44.3 Å². The molecule has 0 saturated heterocycles. The van der Waals surface area contributed by atoms with Gasteiger partial charge in [0.25, 0.3) is 10.0 Å². The van der Waals surface area contributed by atoms with Crippen LogP contribution >= 0.6 is 0 Å². The lowest BCUT2D eigenvalue weighted by Gasteiger charge is -2.32. The number of hydrogen-bond acceptors (Lipinski definition) is 5. The zero-order valence-corrected chi connectivity index (χ0v) is 27.3. The smallest absolute Gasteiger partial charge is 0.264 e. The molecule has 1 N–H and O–H groups in total. The van der Waals surface area contributed by atoms with Crippen LogP contribution in [0, 0.1) is 19.8 Å². The first-order valence-electron chi connectivity index (χ1n) is 15.0. The van der Waals surface area contributed by atoms with Crippen molar-refractivity contribution in [1.82, 2.24) is 10.2 Å². The summed E-state index contributed by atoms with van der Waals surface area (Å²) in [7, 11) is -4.18. The molecule has 0 spiro atoms. The van der Waals surface area contributed by atoms with E-state index in [9.17, 15) is 18.0 Å². The molecule has 0 unspecified atom stereocenters. The van der Waals surface area contributed by atoms with Crippen LogP contribution in [0.5, 0.6) is 11.5 Å². The first-order chi connectivity index (χ1) is 21.5. The summed E-state index contributed by atoms with van der Waals surface area (Å²) in [4.78, 5) is 28.9. The highest BCUT2D eigenvalue weighted by Gasteiger charge is 2.32. The number of hydrogen-bond donors (Lipinski definition) is 1. The Morgan fingerprint density at radius 3 is 2.00 bits per heavy atom. The molecule has 0 aliphatic heterocycles. The molecule has 4 aromatic carbocycles. The molecular formula is C36H41N3O5S. The summed E-state index contributed by atoms with van der Waals surface area (Å²) in [5, 5.41) is 2.91. The fourth-order valence-corrected chi connectivity index (χ4v) is 6.09. The normalized spacial score (nSPS) is 12.0. The minimum absolute atomic E-state index is 0.0543. The number of nitrogens with zero attached hydrogens (tertiary/aromatic N) is 2. The summed E-state index contributed by atoms with van der Waals surface area (Å²) >= 11 is 0. The van der Waals surface area contributed by atoms with E-state index < -0.39 is 28.5 Å². The fraction of sp³-hybridized carbons (Fsp3) is 0.278. The van der Waals surface area contributed by atoms with Gasteiger partial charge in [0.2, 0.25) is 11.8 Å². The monoisotopic (exact) mass is 627 g/mol. The Hall–Kier alpha value is -4.63. The highest BCUT2D eigenvalue weighted by molar-refractivity contribution is 7.92. The van der Waals surface area contributed by atoms with Gasteiger partial charge in [0.05, 0.1) is 10.6 Å². The minimum atomic E-state index is -4.18. The minimum Gasteiger partial charge on any atom is -0.457 e. The van der Waals surface area contributed by atoms with Crippen LogP contribution in [0.4, 0.5) is 5.69 Å². The molecular weight excluding hydrogens is 586 g/mol. The van der Waals surface area contributed by atoms with Gasteiger partial charge in [0.1, 0.15) is 24.1 Å². The number of rotatable bonds is 13. The molecule has 45 heavy (non-hydrogen) atoms. The largest absolute Gasteiger partial charge is 0.457 e. The third-order valence-corrected chi connectivity index (χ3v) is 9.23. The molecule has 2 amide bonds. The Morgan fingerprint density at radius 1 is 0.778 bits per heavy atom. The lowest BCUT2D eigenvalue weighted by atomic mass is 10.1. The van der Waals surface area contributed by atoms with Crippen LogP contribution in [0.15, 0.2) is 108 Å². The molecule has 0 aliphatic rings. The lowest BCUT2D eigenvalue weighted by Crippen LogP contribution is -2.51. The van der Waals surface area contributed by atoms with E-state index in [4.69, 9.17) is 4.74 Å². The SMILES string of the molecule is Cc1ccc(S(=O)(=O)N(CC(=O)N(Cc2ccccc2C)[C@H](C)C(=O)NCC(C)C)c2ccc(Oc3ccccc3)cc2)cc1. The van der Waals surface area contributed by atoms with Crippen molar-refractivity contribution < 1.29 is 22.7 Å². The van der Waals surface area contributed by atoms with E-state index >= 15 is 0 Å². The summed E-state index contributed by atoms with van der Waals surface area (Å²) in [6.45, 7) is 9.55. The first kappa shape index (κ1) is 33.3. The van der Waals surface area contributed by atoms with Gasteiger partial charge in [-0.3, -0.25) is 13.9 Å². The Bertz CT molecular complexity index is 1690. The zero-order chi connectivity index (χ0) is 32.6. The van der Waals surface area contributed by atoms with Gasteiger partial charge in [0, 0.05) is 13.1 Å². The van der Waals surface area contributed by atoms with Crippen molar-refractivity contribution in [3.05, 3.63) is 120 Å². The van der Waals surface area contributed by atoms with Gasteiger partial charge in [-0.05, 0) is 86.3 Å². The van der Waals surface area contributed by atoms with Crippen LogP contribution in [-0.2, 0) is 26.2 Å². The van der Waals surface area contributed by atoms with Gasteiger partial charge in [-0.2, -0.15) is 0 Å².